The summed E-state index contributed by atoms with van der Waals surface area (Å²) >= 11 is 0. The Labute approximate surface area is 230 Å². The Kier molecular flexibility index (Phi) is 10.5. The number of fused-ring (bicyclic) bond motifs is 1. The number of hydrogen-bond donors (Lipinski definition) is 1. The Hall–Kier alpha value is -3.88. The molecule has 0 aliphatic carbocycles. The minimum absolute atomic E-state index is 0.00191. The number of unbranched alkanes of at least 4 members (excludes halogenated alkanes) is 2. The maximum atomic E-state index is 13.4. The summed E-state index contributed by atoms with van der Waals surface area (Å²) in [4.78, 5) is 53.1. The van der Waals surface area contributed by atoms with Gasteiger partial charge in [0.1, 0.15) is 18.8 Å². The summed E-state index contributed by atoms with van der Waals surface area (Å²) in [6.45, 7) is 6.17. The Morgan fingerprint density at radius 2 is 1.72 bits per heavy atom. The predicted octanol–water partition coefficient (Wildman–Crippen LogP) is 4.48. The van der Waals surface area contributed by atoms with E-state index in [0.717, 1.165) is 36.8 Å². The Morgan fingerprint density at radius 1 is 0.974 bits per heavy atom. The van der Waals surface area contributed by atoms with Gasteiger partial charge in [-0.1, -0.05) is 42.8 Å². The van der Waals surface area contributed by atoms with Crippen molar-refractivity contribution in [2.24, 2.45) is 0 Å². The molecule has 0 spiro atoms. The molecule has 0 atom stereocenters. The molecule has 1 aliphatic heterocycles. The molecular formula is C30H39N3O6. The Morgan fingerprint density at radius 3 is 2.44 bits per heavy atom. The highest BCUT2D eigenvalue weighted by atomic mass is 16.6. The van der Waals surface area contributed by atoms with Crippen molar-refractivity contribution in [3.63, 3.8) is 0 Å². The third kappa shape index (κ3) is 9.42. The SMILES string of the molecule is CN1C(=O)CN(CCC(=O)OCc2ccccc2)C(=O)c2cc(CCCCCNC(=O)OC(C)(C)C)ccc21. The minimum atomic E-state index is -0.521. The molecule has 210 valence electrons. The summed E-state index contributed by atoms with van der Waals surface area (Å²) in [6.07, 6.45) is 2.94. The number of benzene rings is 2. The first-order valence-corrected chi connectivity index (χ1v) is 13.4. The van der Waals surface area contributed by atoms with E-state index in [0.29, 0.717) is 17.8 Å². The van der Waals surface area contributed by atoms with Gasteiger partial charge in [0.25, 0.3) is 5.91 Å². The molecule has 0 saturated heterocycles. The zero-order valence-corrected chi connectivity index (χ0v) is 23.3. The van der Waals surface area contributed by atoms with Crippen molar-refractivity contribution in [1.82, 2.24) is 10.2 Å². The number of anilines is 1. The molecule has 1 heterocycles. The number of nitrogens with zero attached hydrogens (tertiary/aromatic N) is 2. The fraction of sp³-hybridized carbons (Fsp3) is 0.467. The van der Waals surface area contributed by atoms with E-state index in [1.54, 1.807) is 7.05 Å². The number of rotatable bonds is 11. The van der Waals surface area contributed by atoms with Gasteiger partial charge in [0.15, 0.2) is 0 Å². The smallest absolute Gasteiger partial charge is 0.407 e. The number of alkyl carbamates (subject to hydrolysis) is 1. The lowest BCUT2D eigenvalue weighted by atomic mass is 10.0. The number of likely N-dealkylation sites (N-methyl/N-ethyl adjacent to an activating group) is 1. The van der Waals surface area contributed by atoms with E-state index in [-0.39, 0.29) is 37.9 Å². The van der Waals surface area contributed by atoms with Crippen molar-refractivity contribution >= 4 is 29.6 Å². The number of amides is 3. The molecule has 3 rings (SSSR count). The van der Waals surface area contributed by atoms with Gasteiger partial charge in [0.2, 0.25) is 5.91 Å². The van der Waals surface area contributed by atoms with Crippen LogP contribution >= 0.6 is 0 Å². The number of hydrogen-bond acceptors (Lipinski definition) is 6. The van der Waals surface area contributed by atoms with Crippen LogP contribution in [-0.2, 0) is 32.1 Å². The lowest BCUT2D eigenvalue weighted by molar-refractivity contribution is -0.145. The van der Waals surface area contributed by atoms with Crippen molar-refractivity contribution in [2.45, 2.75) is 65.1 Å². The second-order valence-electron chi connectivity index (χ2n) is 10.7. The molecule has 39 heavy (non-hydrogen) atoms. The molecule has 2 aromatic rings. The average Bonchev–Trinajstić information content (AvgIpc) is 2.98. The molecule has 0 radical (unpaired) electrons. The summed E-state index contributed by atoms with van der Waals surface area (Å²) in [6, 6.07) is 15.0. The molecule has 0 unspecified atom stereocenters. The van der Waals surface area contributed by atoms with Crippen LogP contribution in [0.15, 0.2) is 48.5 Å². The van der Waals surface area contributed by atoms with Crippen molar-refractivity contribution in [3.8, 4) is 0 Å². The minimum Gasteiger partial charge on any atom is -0.461 e. The first-order chi connectivity index (χ1) is 18.5. The highest BCUT2D eigenvalue weighted by molar-refractivity contribution is 6.09. The predicted molar refractivity (Wildman–Crippen MR) is 148 cm³/mol. The molecule has 0 aromatic heterocycles. The molecule has 1 aliphatic rings. The van der Waals surface area contributed by atoms with Gasteiger partial charge in [0, 0.05) is 20.1 Å². The van der Waals surface area contributed by atoms with E-state index < -0.39 is 17.7 Å². The fourth-order valence-electron chi connectivity index (χ4n) is 4.20. The Balaban J connectivity index is 1.52. The van der Waals surface area contributed by atoms with Crippen molar-refractivity contribution in [2.75, 3.05) is 31.6 Å². The number of carbonyl (C=O) groups is 4. The van der Waals surface area contributed by atoms with Crippen LogP contribution in [0.2, 0.25) is 0 Å². The van der Waals surface area contributed by atoms with Gasteiger partial charge < -0.3 is 24.6 Å². The largest absolute Gasteiger partial charge is 0.461 e. The molecule has 1 N–H and O–H groups in total. The number of ether oxygens (including phenoxy) is 2. The normalized spacial score (nSPS) is 13.5. The summed E-state index contributed by atoms with van der Waals surface area (Å²) < 4.78 is 10.6. The second kappa shape index (κ2) is 13.8. The van der Waals surface area contributed by atoms with Gasteiger partial charge in [0.05, 0.1) is 17.7 Å². The topological polar surface area (TPSA) is 105 Å². The van der Waals surface area contributed by atoms with Crippen LogP contribution in [-0.4, -0.2) is 61.1 Å². The van der Waals surface area contributed by atoms with Crippen LogP contribution < -0.4 is 10.2 Å². The molecule has 0 bridgehead atoms. The summed E-state index contributed by atoms with van der Waals surface area (Å²) in [5.74, 6) is -0.918. The van der Waals surface area contributed by atoms with Crippen LogP contribution in [0.5, 0.6) is 0 Å². The van der Waals surface area contributed by atoms with Crippen LogP contribution in [0.4, 0.5) is 10.5 Å². The van der Waals surface area contributed by atoms with Crippen LogP contribution in [0.25, 0.3) is 0 Å². The van der Waals surface area contributed by atoms with Gasteiger partial charge in [-0.15, -0.1) is 0 Å². The van der Waals surface area contributed by atoms with Crippen LogP contribution in [0, 0.1) is 0 Å². The van der Waals surface area contributed by atoms with E-state index in [1.807, 2.05) is 69.3 Å². The summed E-state index contributed by atoms with van der Waals surface area (Å²) in [5.41, 5.74) is 2.36. The molecule has 0 fully saturated rings. The third-order valence-corrected chi connectivity index (χ3v) is 6.28. The second-order valence-corrected chi connectivity index (χ2v) is 10.7. The van der Waals surface area contributed by atoms with Crippen molar-refractivity contribution in [1.29, 1.82) is 0 Å². The molecule has 2 aromatic carbocycles. The quantitative estimate of drug-likeness (QED) is 0.335. The van der Waals surface area contributed by atoms with Gasteiger partial charge in [-0.05, 0) is 63.3 Å². The maximum absolute atomic E-state index is 13.4. The number of aryl methyl sites for hydroxylation is 1. The van der Waals surface area contributed by atoms with E-state index in [4.69, 9.17) is 9.47 Å². The van der Waals surface area contributed by atoms with Gasteiger partial charge in [-0.25, -0.2) is 4.79 Å². The summed E-state index contributed by atoms with van der Waals surface area (Å²) in [5, 5.41) is 2.76. The highest BCUT2D eigenvalue weighted by Gasteiger charge is 2.30. The molecule has 9 nitrogen and oxygen atoms in total. The van der Waals surface area contributed by atoms with Crippen molar-refractivity contribution < 1.29 is 28.7 Å². The van der Waals surface area contributed by atoms with Crippen LogP contribution in [0.1, 0.15) is 67.9 Å². The summed E-state index contributed by atoms with van der Waals surface area (Å²) in [7, 11) is 1.66. The zero-order valence-electron chi connectivity index (χ0n) is 23.3. The number of nitrogens with one attached hydrogen (secondary N) is 1. The monoisotopic (exact) mass is 537 g/mol. The molecule has 0 saturated carbocycles. The standard InChI is InChI=1S/C30H39N3O6/c1-30(2,3)39-29(37)31-17-10-6-9-11-22-14-15-25-24(19-22)28(36)33(20-26(34)32(25)4)18-16-27(35)38-21-23-12-7-5-8-13-23/h5,7-8,12-15,19H,6,9-11,16-18,20-21H2,1-4H3,(H,31,37). The van der Waals surface area contributed by atoms with E-state index in [2.05, 4.69) is 5.32 Å². The number of esters is 1. The van der Waals surface area contributed by atoms with Crippen LogP contribution in [0.3, 0.4) is 0 Å². The lowest BCUT2D eigenvalue weighted by Gasteiger charge is -2.19. The molecule has 3 amide bonds. The van der Waals surface area contributed by atoms with Gasteiger partial charge in [-0.2, -0.15) is 0 Å². The Bertz CT molecular complexity index is 1160. The van der Waals surface area contributed by atoms with Crippen molar-refractivity contribution in [3.05, 3.63) is 65.2 Å². The van der Waals surface area contributed by atoms with Gasteiger partial charge >= 0.3 is 12.1 Å². The third-order valence-electron chi connectivity index (χ3n) is 6.28. The molecule has 9 heteroatoms. The fourth-order valence-corrected chi connectivity index (χ4v) is 4.20. The molecular weight excluding hydrogens is 498 g/mol. The highest BCUT2D eigenvalue weighted by Crippen LogP contribution is 2.27. The lowest BCUT2D eigenvalue weighted by Crippen LogP contribution is -2.39. The average molecular weight is 538 g/mol. The maximum Gasteiger partial charge on any atom is 0.407 e. The number of carbonyl (C=O) groups excluding carboxylic acids is 4. The zero-order chi connectivity index (χ0) is 28.4. The first kappa shape index (κ1) is 29.7. The first-order valence-electron chi connectivity index (χ1n) is 13.4. The van der Waals surface area contributed by atoms with E-state index >= 15 is 0 Å². The van der Waals surface area contributed by atoms with E-state index in [9.17, 15) is 19.2 Å². The van der Waals surface area contributed by atoms with Gasteiger partial charge in [-0.3, -0.25) is 14.4 Å². The van der Waals surface area contributed by atoms with E-state index in [1.165, 1.54) is 9.80 Å².